The van der Waals surface area contributed by atoms with Gasteiger partial charge in [-0.15, -0.1) is 6.58 Å². The van der Waals surface area contributed by atoms with E-state index >= 15 is 0 Å². The van der Waals surface area contributed by atoms with Crippen molar-refractivity contribution in [3.8, 4) is 11.3 Å². The third kappa shape index (κ3) is 3.45. The van der Waals surface area contributed by atoms with Gasteiger partial charge in [-0.25, -0.2) is 4.98 Å². The number of hydrogen-bond acceptors (Lipinski definition) is 3. The molecule has 1 fully saturated rings. The van der Waals surface area contributed by atoms with Gasteiger partial charge >= 0.3 is 0 Å². The van der Waals surface area contributed by atoms with Crippen LogP contribution in [0.5, 0.6) is 0 Å². The van der Waals surface area contributed by atoms with Crippen LogP contribution < -0.4 is 5.56 Å². The molecule has 1 heterocycles. The van der Waals surface area contributed by atoms with Crippen molar-refractivity contribution in [2.75, 3.05) is 0 Å². The first-order valence-electron chi connectivity index (χ1n) is 11.6. The molecule has 3 aromatic rings. The first kappa shape index (κ1) is 21.3. The minimum Gasteiger partial charge on any atom is -0.283 e. The van der Waals surface area contributed by atoms with Gasteiger partial charge < -0.3 is 0 Å². The zero-order chi connectivity index (χ0) is 22.3. The number of aryl methyl sites for hydroxylation is 2. The summed E-state index contributed by atoms with van der Waals surface area (Å²) in [5, 5.41) is 0.791. The second-order valence-electron chi connectivity index (χ2n) is 9.31. The van der Waals surface area contributed by atoms with Crippen LogP contribution in [0.15, 0.2) is 65.1 Å². The third-order valence-corrected chi connectivity index (χ3v) is 8.30. The molecule has 0 aliphatic heterocycles. The molecule has 0 amide bonds. The van der Waals surface area contributed by atoms with Gasteiger partial charge in [0.05, 0.1) is 11.3 Å². The summed E-state index contributed by atoms with van der Waals surface area (Å²) in [5.41, 5.74) is 8.32. The van der Waals surface area contributed by atoms with Crippen LogP contribution >= 0.6 is 11.8 Å². The summed E-state index contributed by atoms with van der Waals surface area (Å²) < 4.78 is 1.86. The van der Waals surface area contributed by atoms with Gasteiger partial charge in [-0.05, 0) is 55.4 Å². The molecule has 0 radical (unpaired) electrons. The smallest absolute Gasteiger partial charge is 0.258 e. The largest absolute Gasteiger partial charge is 0.283 e. The van der Waals surface area contributed by atoms with Crippen LogP contribution in [-0.2, 0) is 24.1 Å². The number of nitrogens with zero attached hydrogens (tertiary/aromatic N) is 2. The fraction of sp³-hybridized carbons (Fsp3) is 0.357. The van der Waals surface area contributed by atoms with Crippen molar-refractivity contribution < 1.29 is 0 Å². The molecular formula is C28H30N2OS. The molecule has 1 spiro atoms. The second kappa shape index (κ2) is 8.40. The number of thioether (sulfide) groups is 1. The van der Waals surface area contributed by atoms with E-state index in [-0.39, 0.29) is 11.0 Å². The second-order valence-corrected chi connectivity index (χ2v) is 10.3. The quantitative estimate of drug-likeness (QED) is 0.261. The van der Waals surface area contributed by atoms with E-state index in [0.717, 1.165) is 41.4 Å². The lowest BCUT2D eigenvalue weighted by Gasteiger charge is -2.37. The Labute approximate surface area is 194 Å². The number of hydrogen-bond donors (Lipinski definition) is 0. The van der Waals surface area contributed by atoms with Crippen molar-refractivity contribution in [3.63, 3.8) is 0 Å². The van der Waals surface area contributed by atoms with Crippen LogP contribution in [0.4, 0.5) is 0 Å². The van der Waals surface area contributed by atoms with Gasteiger partial charge in [0.2, 0.25) is 0 Å². The van der Waals surface area contributed by atoms with E-state index in [9.17, 15) is 4.79 Å². The summed E-state index contributed by atoms with van der Waals surface area (Å²) in [6, 6.07) is 14.8. The normalized spacial score (nSPS) is 16.1. The van der Waals surface area contributed by atoms with Crippen molar-refractivity contribution >= 4 is 11.8 Å². The lowest BCUT2D eigenvalue weighted by molar-refractivity contribution is 0.417. The average Bonchev–Trinajstić information content (AvgIpc) is 3.26. The number of benzene rings is 2. The van der Waals surface area contributed by atoms with Gasteiger partial charge in [-0.3, -0.25) is 9.36 Å². The van der Waals surface area contributed by atoms with Crippen LogP contribution in [0.2, 0.25) is 0 Å². The van der Waals surface area contributed by atoms with E-state index in [1.807, 2.05) is 16.7 Å². The third-order valence-electron chi connectivity index (χ3n) is 7.26. The van der Waals surface area contributed by atoms with Crippen LogP contribution in [0.3, 0.4) is 0 Å². The summed E-state index contributed by atoms with van der Waals surface area (Å²) in [7, 11) is 0. The molecule has 164 valence electrons. The van der Waals surface area contributed by atoms with Crippen LogP contribution in [0.1, 0.15) is 53.5 Å². The highest BCUT2D eigenvalue weighted by atomic mass is 32.2. The molecule has 0 unspecified atom stereocenters. The van der Waals surface area contributed by atoms with Crippen molar-refractivity contribution in [1.29, 1.82) is 0 Å². The molecule has 4 heteroatoms. The van der Waals surface area contributed by atoms with E-state index in [4.69, 9.17) is 4.98 Å². The number of allylic oxidation sites excluding steroid dienone is 1. The molecule has 0 bridgehead atoms. The van der Waals surface area contributed by atoms with Crippen molar-refractivity contribution in [2.24, 2.45) is 0 Å². The molecule has 3 nitrogen and oxygen atoms in total. The average molecular weight is 443 g/mol. The minimum absolute atomic E-state index is 0.0729. The summed E-state index contributed by atoms with van der Waals surface area (Å²) in [4.78, 5) is 19.3. The standard InChI is InChI=1S/C28H30N2OS/c1-4-16-30-26(31)24-25(29-27(30)32-18-21-10-6-5-7-11-21)23-20(3)13-12-19(2)22(23)17-28(24)14-8-9-15-28/h4-7,10-13H,1,8-9,14-18H2,2-3H3. The van der Waals surface area contributed by atoms with Gasteiger partial charge in [0, 0.05) is 23.3 Å². The molecule has 2 aliphatic carbocycles. The summed E-state index contributed by atoms with van der Waals surface area (Å²) >= 11 is 1.65. The molecule has 5 rings (SSSR count). The fourth-order valence-electron chi connectivity index (χ4n) is 5.65. The van der Waals surface area contributed by atoms with Crippen LogP contribution in [0.25, 0.3) is 11.3 Å². The van der Waals surface area contributed by atoms with E-state index in [0.29, 0.717) is 6.54 Å². The molecule has 2 aromatic carbocycles. The Morgan fingerprint density at radius 1 is 1.09 bits per heavy atom. The van der Waals surface area contributed by atoms with Crippen molar-refractivity contribution in [1.82, 2.24) is 9.55 Å². The monoisotopic (exact) mass is 442 g/mol. The lowest BCUT2D eigenvalue weighted by atomic mass is 9.67. The number of rotatable bonds is 5. The SMILES string of the molecule is C=CCn1c(SCc2ccccc2)nc2c(c1=O)C1(CCCC1)Cc1c(C)ccc(C)c1-2. The Balaban J connectivity index is 1.73. The zero-order valence-corrected chi connectivity index (χ0v) is 19.8. The molecule has 1 aromatic heterocycles. The van der Waals surface area contributed by atoms with Gasteiger partial charge in [0.25, 0.3) is 5.56 Å². The summed E-state index contributed by atoms with van der Waals surface area (Å²) in [6.07, 6.45) is 7.30. The first-order chi connectivity index (χ1) is 15.5. The fourth-order valence-corrected chi connectivity index (χ4v) is 6.61. The van der Waals surface area contributed by atoms with E-state index in [1.54, 1.807) is 11.8 Å². The molecule has 32 heavy (non-hydrogen) atoms. The van der Waals surface area contributed by atoms with E-state index < -0.39 is 0 Å². The summed E-state index contributed by atoms with van der Waals surface area (Å²) in [5.74, 6) is 0.786. The topological polar surface area (TPSA) is 34.9 Å². The number of fused-ring (bicyclic) bond motifs is 4. The molecule has 1 saturated carbocycles. The van der Waals surface area contributed by atoms with Crippen molar-refractivity contribution in [3.05, 3.63) is 93.3 Å². The highest BCUT2D eigenvalue weighted by molar-refractivity contribution is 7.98. The predicted octanol–water partition coefficient (Wildman–Crippen LogP) is 6.37. The van der Waals surface area contributed by atoms with E-state index in [1.165, 1.54) is 40.7 Å². The molecule has 0 N–H and O–H groups in total. The Bertz CT molecular complexity index is 1240. The van der Waals surface area contributed by atoms with Gasteiger partial charge in [-0.2, -0.15) is 0 Å². The number of aromatic nitrogens is 2. The maximum absolute atomic E-state index is 14.1. The molecule has 0 saturated heterocycles. The maximum Gasteiger partial charge on any atom is 0.258 e. The minimum atomic E-state index is -0.0729. The maximum atomic E-state index is 14.1. The van der Waals surface area contributed by atoms with Gasteiger partial charge in [-0.1, -0.05) is 73.1 Å². The van der Waals surface area contributed by atoms with Gasteiger partial charge in [0.15, 0.2) is 5.16 Å². The van der Waals surface area contributed by atoms with Gasteiger partial charge in [0.1, 0.15) is 0 Å². The van der Waals surface area contributed by atoms with Crippen LogP contribution in [-0.4, -0.2) is 9.55 Å². The Kier molecular flexibility index (Phi) is 5.58. The zero-order valence-electron chi connectivity index (χ0n) is 19.0. The first-order valence-corrected chi connectivity index (χ1v) is 12.5. The molecule has 0 atom stereocenters. The van der Waals surface area contributed by atoms with Crippen LogP contribution in [0, 0.1) is 13.8 Å². The lowest BCUT2D eigenvalue weighted by Crippen LogP contribution is -2.40. The molecule has 2 aliphatic rings. The predicted molar refractivity (Wildman–Crippen MR) is 133 cm³/mol. The van der Waals surface area contributed by atoms with Crippen molar-refractivity contribution in [2.45, 2.75) is 68.8 Å². The highest BCUT2D eigenvalue weighted by Crippen LogP contribution is 2.51. The molecular weight excluding hydrogens is 412 g/mol. The highest BCUT2D eigenvalue weighted by Gasteiger charge is 2.45. The Hall–Kier alpha value is -2.59. The van der Waals surface area contributed by atoms with E-state index in [2.05, 4.69) is 56.8 Å². The summed E-state index contributed by atoms with van der Waals surface area (Å²) in [6.45, 7) is 8.77. The Morgan fingerprint density at radius 3 is 2.53 bits per heavy atom. The Morgan fingerprint density at radius 2 is 1.81 bits per heavy atom.